The maximum Gasteiger partial charge on any atom is 0.410 e. The Morgan fingerprint density at radius 2 is 1.93 bits per heavy atom. The minimum atomic E-state index is -3.49. The van der Waals surface area contributed by atoms with Gasteiger partial charge in [0.15, 0.2) is 0 Å². The Kier molecular flexibility index (Phi) is 5.26. The number of nitrogens with one attached hydrogen (secondary N) is 1. The Morgan fingerprint density at radius 1 is 1.27 bits per heavy atom. The van der Waals surface area contributed by atoms with E-state index in [9.17, 15) is 17.6 Å². The van der Waals surface area contributed by atoms with Gasteiger partial charge in [0.1, 0.15) is 22.3 Å². The van der Waals surface area contributed by atoms with Crippen LogP contribution in [0.5, 0.6) is 0 Å². The molecule has 0 unspecified atom stereocenters. The molecule has 0 bridgehead atoms. The number of rotatable bonds is 3. The summed E-state index contributed by atoms with van der Waals surface area (Å²) in [7, 11) is -3.49. The van der Waals surface area contributed by atoms with Crippen molar-refractivity contribution in [1.82, 2.24) is 19.2 Å². The molecule has 4 heterocycles. The van der Waals surface area contributed by atoms with Gasteiger partial charge in [0.2, 0.25) is 10.0 Å². The van der Waals surface area contributed by atoms with E-state index in [2.05, 4.69) is 9.97 Å². The molecule has 0 aliphatic carbocycles. The second-order valence-corrected chi connectivity index (χ2v) is 11.2. The summed E-state index contributed by atoms with van der Waals surface area (Å²) in [5, 5.41) is -0.109. The van der Waals surface area contributed by atoms with Crippen molar-refractivity contribution in [2.24, 2.45) is 0 Å². The first-order valence-corrected chi connectivity index (χ1v) is 11.6. The number of aromatic nitrogens is 2. The normalized spacial score (nSPS) is 19.8. The molecule has 2 aromatic heterocycles. The van der Waals surface area contributed by atoms with E-state index in [-0.39, 0.29) is 24.8 Å². The molecule has 2 aliphatic heterocycles. The highest BCUT2D eigenvalue weighted by Crippen LogP contribution is 2.35. The smallest absolute Gasteiger partial charge is 0.410 e. The lowest BCUT2D eigenvalue weighted by atomic mass is 9.90. The summed E-state index contributed by atoms with van der Waals surface area (Å²) in [5.74, 6) is -0.244. The number of likely N-dealkylation sites (tertiary alicyclic amines) is 1. The molecule has 1 N–H and O–H groups in total. The third kappa shape index (κ3) is 3.90. The number of sulfonamides is 1. The monoisotopic (exact) mass is 438 g/mol. The van der Waals surface area contributed by atoms with E-state index in [0.29, 0.717) is 37.0 Å². The van der Waals surface area contributed by atoms with Crippen LogP contribution in [0.3, 0.4) is 0 Å². The zero-order valence-electron chi connectivity index (χ0n) is 17.4. The quantitative estimate of drug-likeness (QED) is 0.795. The number of ether oxygens (including phenoxy) is 1. The molecule has 2 saturated heterocycles. The maximum absolute atomic E-state index is 14.3. The molecule has 1 amide bonds. The van der Waals surface area contributed by atoms with Crippen molar-refractivity contribution in [2.45, 2.75) is 50.4 Å². The van der Waals surface area contributed by atoms with Crippen LogP contribution in [0.1, 0.15) is 45.1 Å². The largest absolute Gasteiger partial charge is 0.444 e. The third-order valence-corrected chi connectivity index (χ3v) is 7.95. The van der Waals surface area contributed by atoms with Gasteiger partial charge in [-0.1, -0.05) is 0 Å². The number of hydrogen-bond donors (Lipinski definition) is 1. The summed E-state index contributed by atoms with van der Waals surface area (Å²) in [6, 6.07) is 1.34. The molecule has 0 radical (unpaired) electrons. The maximum atomic E-state index is 14.3. The average molecular weight is 439 g/mol. The first-order valence-electron chi connectivity index (χ1n) is 10.1. The van der Waals surface area contributed by atoms with Gasteiger partial charge in [-0.25, -0.2) is 26.9 Å². The zero-order valence-corrected chi connectivity index (χ0v) is 18.2. The first kappa shape index (κ1) is 21.0. The van der Waals surface area contributed by atoms with E-state index < -0.39 is 27.0 Å². The number of piperidine rings is 1. The summed E-state index contributed by atoms with van der Waals surface area (Å²) in [6.45, 7) is 6.39. The number of aromatic amines is 1. The van der Waals surface area contributed by atoms with Crippen LogP contribution in [0, 0.1) is 5.82 Å². The van der Waals surface area contributed by atoms with Crippen molar-refractivity contribution in [3.8, 4) is 0 Å². The lowest BCUT2D eigenvalue weighted by Gasteiger charge is -2.42. The van der Waals surface area contributed by atoms with Gasteiger partial charge in [-0.15, -0.1) is 0 Å². The number of hydrogen-bond acceptors (Lipinski definition) is 5. The first-order chi connectivity index (χ1) is 14.1. The number of nitrogens with zero attached hydrogens (tertiary/aromatic N) is 3. The van der Waals surface area contributed by atoms with Crippen LogP contribution < -0.4 is 0 Å². The average Bonchev–Trinajstić information content (AvgIpc) is 3.04. The molecule has 164 valence electrons. The molecule has 30 heavy (non-hydrogen) atoms. The Morgan fingerprint density at radius 3 is 2.57 bits per heavy atom. The van der Waals surface area contributed by atoms with Crippen LogP contribution >= 0.6 is 0 Å². The van der Waals surface area contributed by atoms with Gasteiger partial charge in [0, 0.05) is 38.6 Å². The molecule has 2 aromatic rings. The third-order valence-electron chi connectivity index (χ3n) is 5.73. The predicted molar refractivity (Wildman–Crippen MR) is 110 cm³/mol. The minimum absolute atomic E-state index is 0.0727. The van der Waals surface area contributed by atoms with E-state index in [1.165, 1.54) is 21.5 Å². The molecule has 0 saturated carbocycles. The molecule has 4 rings (SSSR count). The van der Waals surface area contributed by atoms with E-state index in [0.717, 1.165) is 5.56 Å². The highest BCUT2D eigenvalue weighted by atomic mass is 32.2. The van der Waals surface area contributed by atoms with Crippen LogP contribution in [0.2, 0.25) is 0 Å². The molecular formula is C20H27FN4O4S. The van der Waals surface area contributed by atoms with Crippen LogP contribution in [0.15, 0.2) is 18.5 Å². The van der Waals surface area contributed by atoms with Crippen LogP contribution in [0.25, 0.3) is 11.0 Å². The summed E-state index contributed by atoms with van der Waals surface area (Å²) >= 11 is 0. The molecular weight excluding hydrogens is 411 g/mol. The Hall–Kier alpha value is -2.20. The molecule has 0 spiro atoms. The molecule has 10 heteroatoms. The van der Waals surface area contributed by atoms with E-state index in [1.54, 1.807) is 27.0 Å². The van der Waals surface area contributed by atoms with Crippen LogP contribution in [-0.4, -0.2) is 70.7 Å². The van der Waals surface area contributed by atoms with Crippen molar-refractivity contribution < 1.29 is 22.3 Å². The molecule has 0 atom stereocenters. The number of carbonyl (C=O) groups excluding carboxylic acids is 1. The predicted octanol–water partition coefficient (Wildman–Crippen LogP) is 2.83. The van der Waals surface area contributed by atoms with Gasteiger partial charge in [-0.3, -0.25) is 0 Å². The lowest BCUT2D eigenvalue weighted by Crippen LogP contribution is -2.61. The molecule has 2 fully saturated rings. The second kappa shape index (κ2) is 7.49. The van der Waals surface area contributed by atoms with Crippen molar-refractivity contribution in [3.05, 3.63) is 29.8 Å². The summed E-state index contributed by atoms with van der Waals surface area (Å²) < 4.78 is 47.0. The molecule has 0 aromatic carbocycles. The van der Waals surface area contributed by atoms with Gasteiger partial charge >= 0.3 is 6.09 Å². The number of fused-ring (bicyclic) bond motifs is 1. The van der Waals surface area contributed by atoms with E-state index in [1.807, 2.05) is 0 Å². The van der Waals surface area contributed by atoms with Gasteiger partial charge in [0.25, 0.3) is 0 Å². The number of H-pyrrole nitrogens is 1. The van der Waals surface area contributed by atoms with Crippen LogP contribution in [0.4, 0.5) is 9.18 Å². The van der Waals surface area contributed by atoms with E-state index in [4.69, 9.17) is 4.74 Å². The standard InChI is InChI=1S/C20H27FN4O4S/c1-20(2,3)29-19(26)24-11-14(12-24)30(27,28)25-8-5-13(6-9-25)15-10-23-18-17(15)16(21)4-7-22-18/h4,7,10,13-14H,5-6,8-9,11-12H2,1-3H3,(H,22,23). The summed E-state index contributed by atoms with van der Waals surface area (Å²) in [6.07, 6.45) is 3.95. The Balaban J connectivity index is 1.37. The van der Waals surface area contributed by atoms with Crippen molar-refractivity contribution in [1.29, 1.82) is 0 Å². The fraction of sp³-hybridized carbons (Fsp3) is 0.600. The number of carbonyl (C=O) groups is 1. The van der Waals surface area contributed by atoms with Gasteiger partial charge in [-0.05, 0) is 51.2 Å². The molecule has 8 nitrogen and oxygen atoms in total. The van der Waals surface area contributed by atoms with Crippen molar-refractivity contribution in [2.75, 3.05) is 26.2 Å². The highest BCUT2D eigenvalue weighted by molar-refractivity contribution is 7.89. The van der Waals surface area contributed by atoms with Gasteiger partial charge in [0.05, 0.1) is 5.39 Å². The summed E-state index contributed by atoms with van der Waals surface area (Å²) in [5.41, 5.74) is 0.754. The summed E-state index contributed by atoms with van der Waals surface area (Å²) in [4.78, 5) is 20.6. The molecule has 2 aliphatic rings. The number of halogens is 1. The second-order valence-electron chi connectivity index (χ2n) is 8.99. The number of amides is 1. The fourth-order valence-corrected chi connectivity index (χ4v) is 5.97. The minimum Gasteiger partial charge on any atom is -0.444 e. The van der Waals surface area contributed by atoms with Crippen molar-refractivity contribution in [3.63, 3.8) is 0 Å². The van der Waals surface area contributed by atoms with Gasteiger partial charge < -0.3 is 14.6 Å². The SMILES string of the molecule is CC(C)(C)OC(=O)N1CC(S(=O)(=O)N2CCC(c3c[nH]c4nccc(F)c34)CC2)C1. The van der Waals surface area contributed by atoms with Crippen molar-refractivity contribution >= 4 is 27.1 Å². The Labute approximate surface area is 175 Å². The van der Waals surface area contributed by atoms with Crippen LogP contribution in [-0.2, 0) is 14.8 Å². The zero-order chi connectivity index (χ0) is 21.7. The highest BCUT2D eigenvalue weighted by Gasteiger charge is 2.45. The van der Waals surface area contributed by atoms with Gasteiger partial charge in [-0.2, -0.15) is 0 Å². The lowest BCUT2D eigenvalue weighted by molar-refractivity contribution is 0.0135. The fourth-order valence-electron chi connectivity index (χ4n) is 4.10. The topological polar surface area (TPSA) is 95.6 Å². The number of pyridine rings is 1. The van der Waals surface area contributed by atoms with E-state index >= 15 is 0 Å². The Bertz CT molecular complexity index is 1050.